The summed E-state index contributed by atoms with van der Waals surface area (Å²) < 4.78 is 0.247. The van der Waals surface area contributed by atoms with E-state index in [2.05, 4.69) is 74.6 Å². The lowest BCUT2D eigenvalue weighted by Crippen LogP contribution is -2.28. The molecular weight excluding hydrogens is 346 g/mol. The summed E-state index contributed by atoms with van der Waals surface area (Å²) in [7, 11) is 0. The normalized spacial score (nSPS) is 13.4. The Kier molecular flexibility index (Phi) is 5.80. The molecular formula is C21H25NOS2. The molecule has 1 aliphatic carbocycles. The van der Waals surface area contributed by atoms with E-state index < -0.39 is 0 Å². The van der Waals surface area contributed by atoms with Gasteiger partial charge < -0.3 is 5.32 Å². The molecule has 0 fully saturated rings. The lowest BCUT2D eigenvalue weighted by atomic mass is 10.1. The summed E-state index contributed by atoms with van der Waals surface area (Å²) in [6, 6.07) is 17.1. The van der Waals surface area contributed by atoms with Crippen molar-refractivity contribution in [1.82, 2.24) is 5.32 Å². The van der Waals surface area contributed by atoms with Gasteiger partial charge in [-0.1, -0.05) is 69.3 Å². The number of thioether (sulfide) groups is 2. The van der Waals surface area contributed by atoms with E-state index >= 15 is 0 Å². The number of carbonyl (C=O) groups is 1. The van der Waals surface area contributed by atoms with E-state index in [1.165, 1.54) is 22.3 Å². The van der Waals surface area contributed by atoms with Crippen LogP contribution >= 0.6 is 23.5 Å². The van der Waals surface area contributed by atoms with Crippen LogP contribution in [0.3, 0.4) is 0 Å². The third kappa shape index (κ3) is 4.62. The highest BCUT2D eigenvalue weighted by molar-refractivity contribution is 8.00. The molecule has 25 heavy (non-hydrogen) atoms. The second-order valence-corrected chi connectivity index (χ2v) is 10.2. The van der Waals surface area contributed by atoms with Gasteiger partial charge in [0.25, 0.3) is 0 Å². The molecule has 0 unspecified atom stereocenters. The van der Waals surface area contributed by atoms with Gasteiger partial charge in [0, 0.05) is 17.0 Å². The van der Waals surface area contributed by atoms with Crippen LogP contribution in [0.25, 0.3) is 11.1 Å². The Morgan fingerprint density at radius 3 is 2.12 bits per heavy atom. The Morgan fingerprint density at radius 2 is 1.56 bits per heavy atom. The maximum Gasteiger partial charge on any atom is 0.230 e. The lowest BCUT2D eigenvalue weighted by molar-refractivity contribution is -0.118. The molecule has 4 heteroatoms. The van der Waals surface area contributed by atoms with E-state index in [4.69, 9.17) is 0 Å². The van der Waals surface area contributed by atoms with Crippen molar-refractivity contribution in [3.05, 3.63) is 59.7 Å². The fourth-order valence-electron chi connectivity index (χ4n) is 3.05. The number of amides is 1. The summed E-state index contributed by atoms with van der Waals surface area (Å²) in [6.07, 6.45) is 0. The second-order valence-electron chi connectivity index (χ2n) is 7.18. The third-order valence-electron chi connectivity index (χ3n) is 4.12. The summed E-state index contributed by atoms with van der Waals surface area (Å²) in [4.78, 5) is 12.2. The van der Waals surface area contributed by atoms with Crippen molar-refractivity contribution in [2.24, 2.45) is 0 Å². The van der Waals surface area contributed by atoms with E-state index in [-0.39, 0.29) is 15.9 Å². The van der Waals surface area contributed by atoms with Crippen molar-refractivity contribution in [1.29, 1.82) is 0 Å². The van der Waals surface area contributed by atoms with Gasteiger partial charge in [-0.2, -0.15) is 11.8 Å². The molecule has 1 amide bonds. The van der Waals surface area contributed by atoms with Gasteiger partial charge in [-0.05, 0) is 22.3 Å². The van der Waals surface area contributed by atoms with E-state index in [0.717, 1.165) is 12.3 Å². The minimum Gasteiger partial charge on any atom is -0.355 e. The lowest BCUT2D eigenvalue weighted by Gasteiger charge is -2.17. The van der Waals surface area contributed by atoms with Crippen LogP contribution in [0.5, 0.6) is 0 Å². The molecule has 0 radical (unpaired) electrons. The highest BCUT2D eigenvalue weighted by Gasteiger charge is 2.28. The zero-order valence-electron chi connectivity index (χ0n) is 15.0. The van der Waals surface area contributed by atoms with Crippen LogP contribution in [0.15, 0.2) is 48.5 Å². The first-order valence-electron chi connectivity index (χ1n) is 8.66. The Morgan fingerprint density at radius 1 is 1.00 bits per heavy atom. The molecule has 0 heterocycles. The predicted molar refractivity (Wildman–Crippen MR) is 111 cm³/mol. The predicted octanol–water partition coefficient (Wildman–Crippen LogP) is 5.14. The van der Waals surface area contributed by atoms with E-state index in [1.54, 1.807) is 11.8 Å². The minimum atomic E-state index is 0.126. The molecule has 0 aromatic heterocycles. The van der Waals surface area contributed by atoms with Gasteiger partial charge in [-0.15, -0.1) is 11.8 Å². The summed E-state index contributed by atoms with van der Waals surface area (Å²) >= 11 is 3.60. The van der Waals surface area contributed by atoms with E-state index in [1.807, 2.05) is 11.8 Å². The van der Waals surface area contributed by atoms with Crippen LogP contribution in [0.4, 0.5) is 0 Å². The molecule has 0 bridgehead atoms. The largest absolute Gasteiger partial charge is 0.355 e. The molecule has 1 aliphatic rings. The number of nitrogens with one attached hydrogen (secondary N) is 1. The SMILES string of the molecule is CC(C)(C)SCCNC(=O)CSC1c2ccccc2-c2ccccc21. The molecule has 0 aliphatic heterocycles. The van der Waals surface area contributed by atoms with Crippen molar-refractivity contribution in [2.75, 3.05) is 18.1 Å². The topological polar surface area (TPSA) is 29.1 Å². The third-order valence-corrected chi connectivity index (χ3v) is 6.66. The van der Waals surface area contributed by atoms with Crippen LogP contribution in [0.1, 0.15) is 37.1 Å². The molecule has 0 spiro atoms. The van der Waals surface area contributed by atoms with Gasteiger partial charge in [0.2, 0.25) is 5.91 Å². The first kappa shape index (κ1) is 18.4. The van der Waals surface area contributed by atoms with Gasteiger partial charge >= 0.3 is 0 Å². The summed E-state index contributed by atoms with van der Waals surface area (Å²) in [6.45, 7) is 7.33. The average Bonchev–Trinajstić information content (AvgIpc) is 2.90. The number of hydrogen-bond donors (Lipinski definition) is 1. The molecule has 2 aromatic rings. The average molecular weight is 372 g/mol. The van der Waals surface area contributed by atoms with Crippen molar-refractivity contribution < 1.29 is 4.79 Å². The standard InChI is InChI=1S/C21H25NOS2/c1-21(2,3)25-13-12-22-19(23)14-24-20-17-10-6-4-8-15(17)16-9-5-7-11-18(16)20/h4-11,20H,12-14H2,1-3H3,(H,22,23). The van der Waals surface area contributed by atoms with E-state index in [9.17, 15) is 4.79 Å². The fraction of sp³-hybridized carbons (Fsp3) is 0.381. The van der Waals surface area contributed by atoms with Crippen LogP contribution < -0.4 is 5.32 Å². The number of rotatable bonds is 6. The fourth-order valence-corrected chi connectivity index (χ4v) is 5.05. The maximum atomic E-state index is 12.2. The summed E-state index contributed by atoms with van der Waals surface area (Å²) in [5.41, 5.74) is 5.25. The Labute approximate surface area is 159 Å². The highest BCUT2D eigenvalue weighted by Crippen LogP contribution is 2.49. The number of hydrogen-bond acceptors (Lipinski definition) is 3. The van der Waals surface area contributed by atoms with Crippen LogP contribution in [-0.2, 0) is 4.79 Å². The molecule has 0 saturated heterocycles. The molecule has 1 N–H and O–H groups in total. The monoisotopic (exact) mass is 371 g/mol. The quantitative estimate of drug-likeness (QED) is 0.713. The summed E-state index contributed by atoms with van der Waals surface area (Å²) in [5, 5.41) is 3.30. The molecule has 132 valence electrons. The van der Waals surface area contributed by atoms with Gasteiger partial charge in [0.1, 0.15) is 0 Å². The zero-order valence-corrected chi connectivity index (χ0v) is 16.7. The van der Waals surface area contributed by atoms with Crippen molar-refractivity contribution in [3.8, 4) is 11.1 Å². The van der Waals surface area contributed by atoms with Gasteiger partial charge in [0.05, 0.1) is 11.0 Å². The van der Waals surface area contributed by atoms with Gasteiger partial charge in [-0.25, -0.2) is 0 Å². The van der Waals surface area contributed by atoms with Crippen molar-refractivity contribution in [2.45, 2.75) is 30.8 Å². The Bertz CT molecular complexity index is 706. The molecule has 2 aromatic carbocycles. The summed E-state index contributed by atoms with van der Waals surface area (Å²) in [5.74, 6) is 1.57. The van der Waals surface area contributed by atoms with Gasteiger partial charge in [-0.3, -0.25) is 4.79 Å². The molecule has 0 saturated carbocycles. The molecule has 3 rings (SSSR count). The smallest absolute Gasteiger partial charge is 0.230 e. The van der Waals surface area contributed by atoms with E-state index in [0.29, 0.717) is 5.75 Å². The maximum absolute atomic E-state index is 12.2. The Hall–Kier alpha value is -1.39. The van der Waals surface area contributed by atoms with Crippen LogP contribution in [0.2, 0.25) is 0 Å². The number of benzene rings is 2. The van der Waals surface area contributed by atoms with Crippen molar-refractivity contribution in [3.63, 3.8) is 0 Å². The minimum absolute atomic E-state index is 0.126. The first-order chi connectivity index (χ1) is 12.0. The number of fused-ring (bicyclic) bond motifs is 3. The van der Waals surface area contributed by atoms with Gasteiger partial charge in [0.15, 0.2) is 0 Å². The molecule has 0 atom stereocenters. The van der Waals surface area contributed by atoms with Crippen molar-refractivity contribution >= 4 is 29.4 Å². The first-order valence-corrected chi connectivity index (χ1v) is 10.7. The zero-order chi connectivity index (χ0) is 17.9. The second kappa shape index (κ2) is 7.88. The molecule has 2 nitrogen and oxygen atoms in total. The highest BCUT2D eigenvalue weighted by atomic mass is 32.2. The van der Waals surface area contributed by atoms with Crippen LogP contribution in [-0.4, -0.2) is 28.7 Å². The number of carbonyl (C=O) groups excluding carboxylic acids is 1. The van der Waals surface area contributed by atoms with Crippen LogP contribution in [0, 0.1) is 0 Å². The Balaban J connectivity index is 1.57.